The lowest BCUT2D eigenvalue weighted by Gasteiger charge is -2.38. The summed E-state index contributed by atoms with van der Waals surface area (Å²) in [5, 5.41) is 3.93. The van der Waals surface area contributed by atoms with Crippen LogP contribution in [-0.2, 0) is 11.3 Å². The maximum atomic E-state index is 12.9. The zero-order valence-corrected chi connectivity index (χ0v) is 13.8. The summed E-state index contributed by atoms with van der Waals surface area (Å²) in [6, 6.07) is 2.07. The Kier molecular flexibility index (Phi) is 3.89. The maximum Gasteiger partial charge on any atom is 0.227 e. The smallest absolute Gasteiger partial charge is 0.227 e. The molecule has 2 saturated carbocycles. The Hall–Kier alpha value is -1.40. The number of carbonyl (C=O) groups excluding carboxylic acids is 1. The number of aryl methyl sites for hydroxylation is 1. The quantitative estimate of drug-likeness (QED) is 0.900. The van der Waals surface area contributed by atoms with Gasteiger partial charge in [-0.05, 0) is 38.0 Å². The van der Waals surface area contributed by atoms with E-state index in [9.17, 15) is 4.79 Å². The van der Waals surface area contributed by atoms with Gasteiger partial charge in [0.15, 0.2) is 5.76 Å². The average Bonchev–Trinajstić information content (AvgIpc) is 3.24. The molecule has 3 fully saturated rings. The highest BCUT2D eigenvalue weighted by Crippen LogP contribution is 2.48. The minimum Gasteiger partial charge on any atom is -0.360 e. The molecule has 1 amide bonds. The number of fused-ring (bicyclic) bond motifs is 2. The van der Waals surface area contributed by atoms with Crippen molar-refractivity contribution >= 4 is 5.91 Å². The number of carbonyl (C=O) groups is 1. The van der Waals surface area contributed by atoms with Crippen LogP contribution in [0, 0.1) is 24.7 Å². The first-order chi connectivity index (χ1) is 11.1. The van der Waals surface area contributed by atoms with Gasteiger partial charge in [-0.1, -0.05) is 5.16 Å². The van der Waals surface area contributed by atoms with E-state index in [1.54, 1.807) is 0 Å². The van der Waals surface area contributed by atoms with Gasteiger partial charge in [-0.3, -0.25) is 9.69 Å². The Bertz CT molecular complexity index is 577. The summed E-state index contributed by atoms with van der Waals surface area (Å²) in [6.45, 7) is 6.08. The molecular formula is C17H26N4O2. The van der Waals surface area contributed by atoms with Crippen molar-refractivity contribution in [3.8, 4) is 0 Å². The Morgan fingerprint density at radius 2 is 2.04 bits per heavy atom. The predicted molar refractivity (Wildman–Crippen MR) is 85.4 cm³/mol. The van der Waals surface area contributed by atoms with E-state index in [1.165, 1.54) is 19.3 Å². The van der Waals surface area contributed by atoms with E-state index >= 15 is 0 Å². The van der Waals surface area contributed by atoms with Crippen molar-refractivity contribution in [3.05, 3.63) is 17.5 Å². The molecule has 2 aliphatic carbocycles. The molecule has 1 aliphatic heterocycles. The third-order valence-electron chi connectivity index (χ3n) is 6.01. The van der Waals surface area contributed by atoms with Crippen LogP contribution < -0.4 is 5.73 Å². The molecule has 2 bridgehead atoms. The fourth-order valence-electron chi connectivity index (χ4n) is 4.75. The highest BCUT2D eigenvalue weighted by atomic mass is 16.5. The van der Waals surface area contributed by atoms with Crippen LogP contribution in [0.2, 0.25) is 0 Å². The molecular weight excluding hydrogens is 292 g/mol. The van der Waals surface area contributed by atoms with Gasteiger partial charge in [0.2, 0.25) is 5.91 Å². The first-order valence-corrected chi connectivity index (χ1v) is 8.81. The summed E-state index contributed by atoms with van der Waals surface area (Å²) in [7, 11) is 0. The maximum absolute atomic E-state index is 12.9. The summed E-state index contributed by atoms with van der Waals surface area (Å²) < 4.78 is 5.28. The van der Waals surface area contributed by atoms with E-state index in [0.29, 0.717) is 17.7 Å². The molecule has 4 rings (SSSR count). The summed E-state index contributed by atoms with van der Waals surface area (Å²) in [4.78, 5) is 17.2. The molecule has 23 heavy (non-hydrogen) atoms. The van der Waals surface area contributed by atoms with Crippen molar-refractivity contribution in [2.24, 2.45) is 23.5 Å². The molecule has 2 N–H and O–H groups in total. The molecule has 126 valence electrons. The van der Waals surface area contributed by atoms with Crippen LogP contribution in [0.4, 0.5) is 0 Å². The topological polar surface area (TPSA) is 75.6 Å². The molecule has 6 nitrogen and oxygen atoms in total. The molecule has 0 spiro atoms. The highest BCUT2D eigenvalue weighted by molar-refractivity contribution is 5.80. The molecule has 0 aromatic carbocycles. The van der Waals surface area contributed by atoms with Crippen molar-refractivity contribution in [2.45, 2.75) is 38.8 Å². The van der Waals surface area contributed by atoms with Crippen LogP contribution >= 0.6 is 0 Å². The molecule has 6 heteroatoms. The van der Waals surface area contributed by atoms with Crippen LogP contribution in [0.5, 0.6) is 0 Å². The largest absolute Gasteiger partial charge is 0.360 e. The number of nitrogens with two attached hydrogens (primary N) is 1. The summed E-state index contributed by atoms with van der Waals surface area (Å²) in [5.41, 5.74) is 7.24. The average molecular weight is 318 g/mol. The van der Waals surface area contributed by atoms with Crippen LogP contribution in [0.15, 0.2) is 10.6 Å². The fourth-order valence-corrected chi connectivity index (χ4v) is 4.75. The highest BCUT2D eigenvalue weighted by Gasteiger charge is 2.50. The second-order valence-corrected chi connectivity index (χ2v) is 7.47. The van der Waals surface area contributed by atoms with E-state index in [0.717, 1.165) is 44.2 Å². The number of piperazine rings is 1. The number of nitrogens with zero attached hydrogens (tertiary/aromatic N) is 3. The summed E-state index contributed by atoms with van der Waals surface area (Å²) in [5.74, 6) is 2.41. The Morgan fingerprint density at radius 1 is 1.30 bits per heavy atom. The van der Waals surface area contributed by atoms with Crippen molar-refractivity contribution in [3.63, 3.8) is 0 Å². The first kappa shape index (κ1) is 15.1. The van der Waals surface area contributed by atoms with Gasteiger partial charge in [0.1, 0.15) is 0 Å². The van der Waals surface area contributed by atoms with Gasteiger partial charge < -0.3 is 15.2 Å². The van der Waals surface area contributed by atoms with Crippen molar-refractivity contribution in [2.75, 3.05) is 26.2 Å². The summed E-state index contributed by atoms with van der Waals surface area (Å²) >= 11 is 0. The Morgan fingerprint density at radius 3 is 2.65 bits per heavy atom. The van der Waals surface area contributed by atoms with Gasteiger partial charge in [-0.15, -0.1) is 0 Å². The molecule has 4 atom stereocenters. The predicted octanol–water partition coefficient (Wildman–Crippen LogP) is 1.00. The molecule has 1 aromatic rings. The molecule has 4 unspecified atom stereocenters. The third-order valence-corrected chi connectivity index (χ3v) is 6.01. The number of amides is 1. The van der Waals surface area contributed by atoms with E-state index in [-0.39, 0.29) is 12.0 Å². The lowest BCUT2D eigenvalue weighted by atomic mass is 9.84. The molecule has 1 saturated heterocycles. The second kappa shape index (κ2) is 5.91. The SMILES string of the molecule is Cc1cc(CN2CCN(C(=O)C3C4CCC(C4)C3N)CC2)on1. The van der Waals surface area contributed by atoms with Crippen LogP contribution in [0.25, 0.3) is 0 Å². The van der Waals surface area contributed by atoms with E-state index < -0.39 is 0 Å². The van der Waals surface area contributed by atoms with E-state index in [4.69, 9.17) is 10.3 Å². The number of hydrogen-bond donors (Lipinski definition) is 1. The normalized spacial score (nSPS) is 34.3. The van der Waals surface area contributed by atoms with Crippen molar-refractivity contribution in [1.29, 1.82) is 0 Å². The van der Waals surface area contributed by atoms with E-state index in [1.807, 2.05) is 17.9 Å². The molecule has 3 aliphatic rings. The summed E-state index contributed by atoms with van der Waals surface area (Å²) in [6.07, 6.45) is 3.59. The van der Waals surface area contributed by atoms with Crippen LogP contribution in [0.3, 0.4) is 0 Å². The van der Waals surface area contributed by atoms with Gasteiger partial charge in [0.05, 0.1) is 18.2 Å². The van der Waals surface area contributed by atoms with Crippen molar-refractivity contribution in [1.82, 2.24) is 15.0 Å². The third kappa shape index (κ3) is 2.78. The number of aromatic nitrogens is 1. The Labute approximate surface area is 137 Å². The first-order valence-electron chi connectivity index (χ1n) is 8.81. The molecule has 2 heterocycles. The lowest BCUT2D eigenvalue weighted by molar-refractivity contribution is -0.139. The molecule has 1 aromatic heterocycles. The van der Waals surface area contributed by atoms with Gasteiger partial charge >= 0.3 is 0 Å². The number of rotatable bonds is 3. The zero-order chi connectivity index (χ0) is 16.0. The van der Waals surface area contributed by atoms with Crippen molar-refractivity contribution < 1.29 is 9.32 Å². The zero-order valence-electron chi connectivity index (χ0n) is 13.8. The van der Waals surface area contributed by atoms with Crippen LogP contribution in [0.1, 0.15) is 30.7 Å². The van der Waals surface area contributed by atoms with E-state index in [2.05, 4.69) is 10.1 Å². The fraction of sp³-hybridized carbons (Fsp3) is 0.765. The standard InChI is InChI=1S/C17H26N4O2/c1-11-8-14(23-19-11)10-20-4-6-21(7-5-20)17(22)15-12-2-3-13(9-12)16(15)18/h8,12-13,15-16H,2-7,9-10,18H2,1H3. The monoisotopic (exact) mass is 318 g/mol. The van der Waals surface area contributed by atoms with Crippen LogP contribution in [-0.4, -0.2) is 53.1 Å². The minimum atomic E-state index is 0.0808. The van der Waals surface area contributed by atoms with Gasteiger partial charge in [0.25, 0.3) is 0 Å². The molecule has 0 radical (unpaired) electrons. The lowest BCUT2D eigenvalue weighted by Crippen LogP contribution is -2.53. The second-order valence-electron chi connectivity index (χ2n) is 7.47. The van der Waals surface area contributed by atoms with Gasteiger partial charge in [-0.2, -0.15) is 0 Å². The Balaban J connectivity index is 1.32. The van der Waals surface area contributed by atoms with Gasteiger partial charge in [0, 0.05) is 38.3 Å². The minimum absolute atomic E-state index is 0.0808. The van der Waals surface area contributed by atoms with Gasteiger partial charge in [-0.25, -0.2) is 0 Å². The number of hydrogen-bond acceptors (Lipinski definition) is 5.